The molecule has 0 saturated carbocycles. The van der Waals surface area contributed by atoms with E-state index in [4.69, 9.17) is 21.8 Å². The molecule has 12 heteroatoms. The number of furan rings is 1. The number of amides is 2. The Kier molecular flexibility index (Phi) is 5.80. The Morgan fingerprint density at radius 2 is 1.94 bits per heavy atom. The van der Waals surface area contributed by atoms with Gasteiger partial charge < -0.3 is 25.3 Å². The Morgan fingerprint density at radius 1 is 1.15 bits per heavy atom. The first-order valence-corrected chi connectivity index (χ1v) is 11.7. The Bertz CT molecular complexity index is 1370. The molecule has 3 aromatic heterocycles. The van der Waals surface area contributed by atoms with Gasteiger partial charge in [0.05, 0.1) is 6.20 Å². The number of hydrogen-bond donors (Lipinski definition) is 2. The number of piperazine rings is 1. The molecule has 1 aliphatic heterocycles. The van der Waals surface area contributed by atoms with Crippen LogP contribution in [0.5, 0.6) is 0 Å². The highest BCUT2D eigenvalue weighted by Gasteiger charge is 2.24. The number of fused-ring (bicyclic) bond motifs is 1. The highest BCUT2D eigenvalue weighted by atomic mass is 35.5. The molecule has 4 heterocycles. The Balaban J connectivity index is 1.22. The van der Waals surface area contributed by atoms with E-state index in [-0.39, 0.29) is 11.7 Å². The number of primary amides is 1. The number of carbonyl (C=O) groups excluding carboxylic acids is 2. The summed E-state index contributed by atoms with van der Waals surface area (Å²) in [6.45, 7) is 4.23. The minimum Gasteiger partial charge on any atom is -0.451 e. The van der Waals surface area contributed by atoms with Gasteiger partial charge in [0.25, 0.3) is 11.8 Å². The second kappa shape index (κ2) is 8.92. The molecule has 174 valence electrons. The molecule has 5 rings (SSSR count). The molecule has 1 saturated heterocycles. The van der Waals surface area contributed by atoms with Crippen LogP contribution in [0, 0.1) is 6.92 Å². The molecule has 2 amide bonds. The van der Waals surface area contributed by atoms with Crippen LogP contribution in [0.2, 0.25) is 5.15 Å². The lowest BCUT2D eigenvalue weighted by molar-refractivity contribution is 0.0751. The summed E-state index contributed by atoms with van der Waals surface area (Å²) in [5, 5.41) is 4.78. The van der Waals surface area contributed by atoms with Gasteiger partial charge in [-0.1, -0.05) is 22.9 Å². The second-order valence-electron chi connectivity index (χ2n) is 7.75. The minimum absolute atomic E-state index is 0.0605. The molecule has 0 spiro atoms. The van der Waals surface area contributed by atoms with Gasteiger partial charge >= 0.3 is 0 Å². The summed E-state index contributed by atoms with van der Waals surface area (Å²) in [4.78, 5) is 41.5. The zero-order chi connectivity index (χ0) is 23.8. The van der Waals surface area contributed by atoms with E-state index in [0.717, 1.165) is 11.1 Å². The molecule has 1 aliphatic rings. The summed E-state index contributed by atoms with van der Waals surface area (Å²) in [6, 6.07) is 9.00. The van der Waals surface area contributed by atoms with Crippen molar-refractivity contribution in [2.45, 2.75) is 6.92 Å². The van der Waals surface area contributed by atoms with Crippen LogP contribution in [0.1, 0.15) is 26.1 Å². The summed E-state index contributed by atoms with van der Waals surface area (Å²) in [6.07, 6.45) is 1.57. The van der Waals surface area contributed by atoms with Gasteiger partial charge in [0, 0.05) is 49.4 Å². The van der Waals surface area contributed by atoms with Crippen LogP contribution >= 0.6 is 22.9 Å². The average molecular weight is 498 g/mol. The summed E-state index contributed by atoms with van der Waals surface area (Å²) in [5.41, 5.74) is 6.87. The SMILES string of the molecule is Cc1nc(Cl)cc(Nc2ncc(C(=O)N3CCN(c4ccc5cc(C(N)=O)oc5c4)CC3)s2)n1. The second-order valence-corrected chi connectivity index (χ2v) is 9.17. The van der Waals surface area contributed by atoms with Gasteiger partial charge in [-0.15, -0.1) is 0 Å². The lowest BCUT2D eigenvalue weighted by atomic mass is 10.2. The normalized spacial score (nSPS) is 13.9. The number of aromatic nitrogens is 3. The highest BCUT2D eigenvalue weighted by Crippen LogP contribution is 2.27. The van der Waals surface area contributed by atoms with Crippen molar-refractivity contribution in [2.75, 3.05) is 36.4 Å². The van der Waals surface area contributed by atoms with Crippen LogP contribution < -0.4 is 16.0 Å². The molecule has 0 aliphatic carbocycles. The van der Waals surface area contributed by atoms with Crippen molar-refractivity contribution in [1.82, 2.24) is 19.9 Å². The van der Waals surface area contributed by atoms with Crippen LogP contribution in [0.3, 0.4) is 0 Å². The summed E-state index contributed by atoms with van der Waals surface area (Å²) in [7, 11) is 0. The number of halogens is 1. The largest absolute Gasteiger partial charge is 0.451 e. The lowest BCUT2D eigenvalue weighted by Gasteiger charge is -2.35. The van der Waals surface area contributed by atoms with E-state index in [1.807, 2.05) is 23.1 Å². The van der Waals surface area contributed by atoms with Crippen LogP contribution in [-0.2, 0) is 0 Å². The van der Waals surface area contributed by atoms with Crippen molar-refractivity contribution in [3.05, 3.63) is 58.1 Å². The number of benzene rings is 1. The summed E-state index contributed by atoms with van der Waals surface area (Å²) < 4.78 is 5.54. The van der Waals surface area contributed by atoms with Crippen molar-refractivity contribution in [3.63, 3.8) is 0 Å². The number of nitrogens with one attached hydrogen (secondary N) is 1. The maximum absolute atomic E-state index is 13.0. The third kappa shape index (κ3) is 4.52. The third-order valence-electron chi connectivity index (χ3n) is 5.44. The van der Waals surface area contributed by atoms with E-state index >= 15 is 0 Å². The number of carbonyl (C=O) groups is 2. The van der Waals surface area contributed by atoms with Crippen LogP contribution in [0.4, 0.5) is 16.6 Å². The Labute approximate surface area is 203 Å². The molecule has 0 unspecified atom stereocenters. The van der Waals surface area contributed by atoms with Crippen molar-refractivity contribution in [1.29, 1.82) is 0 Å². The molecule has 0 bridgehead atoms. The quantitative estimate of drug-likeness (QED) is 0.401. The number of rotatable bonds is 5. The topological polar surface area (TPSA) is 130 Å². The molecule has 0 atom stereocenters. The summed E-state index contributed by atoms with van der Waals surface area (Å²) in [5.74, 6) is 0.548. The molecule has 10 nitrogen and oxygen atoms in total. The number of nitrogens with two attached hydrogens (primary N) is 1. The number of nitrogens with zero attached hydrogens (tertiary/aromatic N) is 5. The van der Waals surface area contributed by atoms with E-state index < -0.39 is 5.91 Å². The first-order chi connectivity index (χ1) is 16.4. The van der Waals surface area contributed by atoms with Crippen molar-refractivity contribution < 1.29 is 14.0 Å². The molecule has 1 aromatic carbocycles. The van der Waals surface area contributed by atoms with Gasteiger partial charge in [0.15, 0.2) is 10.9 Å². The molecule has 34 heavy (non-hydrogen) atoms. The van der Waals surface area contributed by atoms with E-state index in [1.54, 1.807) is 25.3 Å². The fourth-order valence-corrected chi connectivity index (χ4v) is 4.81. The lowest BCUT2D eigenvalue weighted by Crippen LogP contribution is -2.48. The first-order valence-electron chi connectivity index (χ1n) is 10.5. The zero-order valence-corrected chi connectivity index (χ0v) is 19.7. The molecule has 0 radical (unpaired) electrons. The van der Waals surface area contributed by atoms with Crippen molar-refractivity contribution in [2.24, 2.45) is 5.73 Å². The molecule has 1 fully saturated rings. The predicted octanol–water partition coefficient (Wildman–Crippen LogP) is 3.45. The van der Waals surface area contributed by atoms with Crippen LogP contribution in [0.15, 0.2) is 40.9 Å². The predicted molar refractivity (Wildman–Crippen MR) is 130 cm³/mol. The zero-order valence-electron chi connectivity index (χ0n) is 18.1. The fourth-order valence-electron chi connectivity index (χ4n) is 3.80. The standard InChI is InChI=1S/C22H20ClN7O3S/c1-12-26-18(23)10-19(27-12)28-22-25-11-17(34-22)21(32)30-6-4-29(5-7-30)14-3-2-13-8-16(20(24)31)33-15(13)9-14/h2-3,8-11H,4-7H2,1H3,(H2,24,31)(H,25,26,27,28). The summed E-state index contributed by atoms with van der Waals surface area (Å²) >= 11 is 7.24. The van der Waals surface area contributed by atoms with Gasteiger partial charge in [-0.3, -0.25) is 9.59 Å². The van der Waals surface area contributed by atoms with Gasteiger partial charge in [-0.05, 0) is 25.1 Å². The monoisotopic (exact) mass is 497 g/mol. The van der Waals surface area contributed by atoms with Crippen molar-refractivity contribution in [3.8, 4) is 0 Å². The Morgan fingerprint density at radius 3 is 2.68 bits per heavy atom. The molecular formula is C22H20ClN7O3S. The van der Waals surface area contributed by atoms with Gasteiger partial charge in [0.2, 0.25) is 0 Å². The Hall–Kier alpha value is -3.70. The highest BCUT2D eigenvalue weighted by molar-refractivity contribution is 7.17. The van der Waals surface area contributed by atoms with Gasteiger partial charge in [-0.2, -0.15) is 0 Å². The third-order valence-corrected chi connectivity index (χ3v) is 6.53. The maximum atomic E-state index is 13.0. The smallest absolute Gasteiger partial charge is 0.284 e. The van der Waals surface area contributed by atoms with Gasteiger partial charge in [0.1, 0.15) is 27.3 Å². The minimum atomic E-state index is -0.595. The fraction of sp³-hybridized carbons (Fsp3) is 0.227. The molecular weight excluding hydrogens is 478 g/mol. The number of anilines is 3. The molecule has 4 aromatic rings. The first kappa shape index (κ1) is 22.1. The number of aryl methyl sites for hydroxylation is 1. The van der Waals surface area contributed by atoms with Crippen LogP contribution in [-0.4, -0.2) is 57.8 Å². The van der Waals surface area contributed by atoms with Crippen molar-refractivity contribution >= 4 is 62.4 Å². The van der Waals surface area contributed by atoms with Crippen LogP contribution in [0.25, 0.3) is 11.0 Å². The van der Waals surface area contributed by atoms with E-state index in [1.165, 1.54) is 11.3 Å². The van der Waals surface area contributed by atoms with E-state index in [0.29, 0.717) is 58.6 Å². The molecule has 3 N–H and O–H groups in total. The van der Waals surface area contributed by atoms with E-state index in [2.05, 4.69) is 25.2 Å². The van der Waals surface area contributed by atoms with E-state index in [9.17, 15) is 9.59 Å². The average Bonchev–Trinajstić information content (AvgIpc) is 3.45. The maximum Gasteiger partial charge on any atom is 0.284 e. The van der Waals surface area contributed by atoms with Gasteiger partial charge in [-0.25, -0.2) is 15.0 Å². The number of hydrogen-bond acceptors (Lipinski definition) is 9. The number of thiazole rings is 1.